The van der Waals surface area contributed by atoms with E-state index in [1.54, 1.807) is 41.8 Å². The van der Waals surface area contributed by atoms with E-state index in [1.165, 1.54) is 0 Å². The Hall–Kier alpha value is -1.74. The zero-order chi connectivity index (χ0) is 14.6. The van der Waals surface area contributed by atoms with Gasteiger partial charge in [-0.25, -0.2) is 4.98 Å². The van der Waals surface area contributed by atoms with Gasteiger partial charge in [0.1, 0.15) is 5.01 Å². The molecule has 2 aromatic rings. The summed E-state index contributed by atoms with van der Waals surface area (Å²) in [6.45, 7) is 4.51. The van der Waals surface area contributed by atoms with Crippen LogP contribution in [0.3, 0.4) is 0 Å². The van der Waals surface area contributed by atoms with Crippen LogP contribution in [0.5, 0.6) is 0 Å². The maximum absolute atomic E-state index is 10.2. The summed E-state index contributed by atoms with van der Waals surface area (Å²) >= 11 is 1.59. The van der Waals surface area contributed by atoms with Gasteiger partial charge in [-0.15, -0.1) is 11.3 Å². The van der Waals surface area contributed by atoms with E-state index in [4.69, 9.17) is 5.26 Å². The minimum absolute atomic E-state index is 0.276. The molecule has 2 rings (SSSR count). The van der Waals surface area contributed by atoms with Gasteiger partial charge >= 0.3 is 0 Å². The normalized spacial score (nSPS) is 12.9. The van der Waals surface area contributed by atoms with Crippen LogP contribution < -0.4 is 5.32 Å². The Bertz CT molecular complexity index is 585. The molecular formula is C15H17N3OS. The Balaban J connectivity index is 1.98. The van der Waals surface area contributed by atoms with Crippen LogP contribution in [0.4, 0.5) is 0 Å². The molecule has 0 amide bonds. The lowest BCUT2D eigenvalue weighted by Gasteiger charge is -2.25. The highest BCUT2D eigenvalue weighted by Gasteiger charge is 2.23. The molecule has 0 radical (unpaired) electrons. The second kappa shape index (κ2) is 6.14. The van der Waals surface area contributed by atoms with Crippen LogP contribution in [0, 0.1) is 11.3 Å². The summed E-state index contributed by atoms with van der Waals surface area (Å²) in [5.74, 6) is 0. The molecule has 1 atom stereocenters. The lowest BCUT2D eigenvalue weighted by Crippen LogP contribution is -2.39. The van der Waals surface area contributed by atoms with Crippen molar-refractivity contribution in [2.75, 3.05) is 6.54 Å². The van der Waals surface area contributed by atoms with E-state index in [1.807, 2.05) is 19.2 Å². The van der Waals surface area contributed by atoms with Crippen molar-refractivity contribution in [1.29, 1.82) is 5.26 Å². The molecule has 0 aliphatic rings. The van der Waals surface area contributed by atoms with Gasteiger partial charge in [-0.3, -0.25) is 0 Å². The number of aromatic nitrogens is 1. The molecule has 1 aromatic carbocycles. The summed E-state index contributed by atoms with van der Waals surface area (Å²) in [5.41, 5.74) is 1.12. The van der Waals surface area contributed by atoms with E-state index in [0.29, 0.717) is 12.1 Å². The summed E-state index contributed by atoms with van der Waals surface area (Å²) in [6, 6.07) is 9.05. The summed E-state index contributed by atoms with van der Waals surface area (Å²) in [7, 11) is 0. The van der Waals surface area contributed by atoms with E-state index in [9.17, 15) is 5.11 Å². The number of thiazole rings is 1. The molecule has 5 heteroatoms. The summed E-state index contributed by atoms with van der Waals surface area (Å²) in [6.07, 6.45) is 1.17. The Kier molecular flexibility index (Phi) is 4.50. The predicted octanol–water partition coefficient (Wildman–Crippen LogP) is 2.57. The molecule has 4 nitrogen and oxygen atoms in total. The number of nitriles is 1. The molecular weight excluding hydrogens is 270 g/mol. The number of aliphatic hydroxyl groups excluding tert-OH is 1. The molecule has 0 spiro atoms. The van der Waals surface area contributed by atoms with Crippen molar-refractivity contribution in [3.8, 4) is 6.07 Å². The van der Waals surface area contributed by atoms with Crippen molar-refractivity contribution < 1.29 is 5.11 Å². The fourth-order valence-electron chi connectivity index (χ4n) is 1.86. The van der Waals surface area contributed by atoms with Gasteiger partial charge in [-0.2, -0.15) is 5.26 Å². The first kappa shape index (κ1) is 14.7. The van der Waals surface area contributed by atoms with Gasteiger partial charge in [0.05, 0.1) is 23.3 Å². The van der Waals surface area contributed by atoms with Crippen LogP contribution in [0.25, 0.3) is 0 Å². The van der Waals surface area contributed by atoms with Gasteiger partial charge in [0.2, 0.25) is 0 Å². The van der Waals surface area contributed by atoms with Crippen molar-refractivity contribution in [3.05, 3.63) is 52.0 Å². The third-order valence-electron chi connectivity index (χ3n) is 3.13. The molecule has 20 heavy (non-hydrogen) atoms. The Morgan fingerprint density at radius 3 is 2.65 bits per heavy atom. The fraction of sp³-hybridized carbons (Fsp3) is 0.333. The number of benzene rings is 1. The first-order chi connectivity index (χ1) is 9.53. The monoisotopic (exact) mass is 287 g/mol. The second-order valence-electron chi connectivity index (χ2n) is 5.09. The number of aliphatic hydroxyl groups is 1. The maximum Gasteiger partial charge on any atom is 0.112 e. The van der Waals surface area contributed by atoms with Crippen LogP contribution >= 0.6 is 11.3 Å². The number of rotatable bonds is 5. The highest BCUT2D eigenvalue weighted by molar-refractivity contribution is 7.09. The summed E-state index contributed by atoms with van der Waals surface area (Å²) in [4.78, 5) is 4.30. The first-order valence-electron chi connectivity index (χ1n) is 6.36. The van der Waals surface area contributed by atoms with Crippen molar-refractivity contribution in [2.45, 2.75) is 25.5 Å². The minimum atomic E-state index is -0.609. The third kappa shape index (κ3) is 3.42. The van der Waals surface area contributed by atoms with Crippen molar-refractivity contribution >= 4 is 11.3 Å². The Morgan fingerprint density at radius 1 is 1.40 bits per heavy atom. The number of hydrogen-bond acceptors (Lipinski definition) is 5. The molecule has 0 aliphatic heterocycles. The molecule has 1 aromatic heterocycles. The van der Waals surface area contributed by atoms with Gasteiger partial charge in [-0.05, 0) is 31.5 Å². The Labute approximate surface area is 122 Å². The number of nitrogens with zero attached hydrogens (tertiary/aromatic N) is 2. The lowest BCUT2D eigenvalue weighted by atomic mass is 10.0. The van der Waals surface area contributed by atoms with E-state index < -0.39 is 6.10 Å². The van der Waals surface area contributed by atoms with Crippen LogP contribution in [0.15, 0.2) is 35.8 Å². The average molecular weight is 287 g/mol. The molecule has 0 saturated heterocycles. The molecule has 0 fully saturated rings. The van der Waals surface area contributed by atoms with Crippen molar-refractivity contribution in [3.63, 3.8) is 0 Å². The smallest absolute Gasteiger partial charge is 0.112 e. The largest absolute Gasteiger partial charge is 0.387 e. The van der Waals surface area contributed by atoms with Gasteiger partial charge in [0, 0.05) is 18.1 Å². The van der Waals surface area contributed by atoms with Crippen LogP contribution in [-0.2, 0) is 5.54 Å². The van der Waals surface area contributed by atoms with Crippen LogP contribution in [0.2, 0.25) is 0 Å². The van der Waals surface area contributed by atoms with E-state index in [2.05, 4.69) is 16.4 Å². The average Bonchev–Trinajstić information content (AvgIpc) is 3.00. The highest BCUT2D eigenvalue weighted by atomic mass is 32.1. The van der Waals surface area contributed by atoms with Gasteiger partial charge in [0.15, 0.2) is 0 Å². The molecule has 1 heterocycles. The van der Waals surface area contributed by atoms with E-state index in [0.717, 1.165) is 10.6 Å². The zero-order valence-electron chi connectivity index (χ0n) is 11.5. The van der Waals surface area contributed by atoms with Crippen LogP contribution in [-0.4, -0.2) is 16.6 Å². The first-order valence-corrected chi connectivity index (χ1v) is 7.24. The van der Waals surface area contributed by atoms with E-state index >= 15 is 0 Å². The van der Waals surface area contributed by atoms with Gasteiger partial charge < -0.3 is 10.4 Å². The SMILES string of the molecule is CC(C)(NCC(O)c1ccc(C#N)cc1)c1nccs1. The van der Waals surface area contributed by atoms with Gasteiger partial charge in [-0.1, -0.05) is 12.1 Å². The number of nitrogens with one attached hydrogen (secondary N) is 1. The van der Waals surface area contributed by atoms with Crippen molar-refractivity contribution in [2.24, 2.45) is 0 Å². The molecule has 0 saturated carbocycles. The quantitative estimate of drug-likeness (QED) is 0.887. The molecule has 0 bridgehead atoms. The molecule has 1 unspecified atom stereocenters. The molecule has 104 valence electrons. The second-order valence-corrected chi connectivity index (χ2v) is 5.99. The highest BCUT2D eigenvalue weighted by Crippen LogP contribution is 2.23. The van der Waals surface area contributed by atoms with Crippen molar-refractivity contribution in [1.82, 2.24) is 10.3 Å². The van der Waals surface area contributed by atoms with Gasteiger partial charge in [0.25, 0.3) is 0 Å². The predicted molar refractivity (Wildman–Crippen MR) is 79.3 cm³/mol. The zero-order valence-corrected chi connectivity index (χ0v) is 12.3. The topological polar surface area (TPSA) is 68.9 Å². The fourth-order valence-corrected chi connectivity index (χ4v) is 2.60. The Morgan fingerprint density at radius 2 is 2.10 bits per heavy atom. The third-order valence-corrected chi connectivity index (χ3v) is 4.23. The lowest BCUT2D eigenvalue weighted by molar-refractivity contribution is 0.161. The standard InChI is InChI=1S/C15H17N3OS/c1-15(2,14-17-7-8-20-14)18-10-13(19)12-5-3-11(9-16)4-6-12/h3-8,13,18-19H,10H2,1-2H3. The van der Waals surface area contributed by atoms with E-state index in [-0.39, 0.29) is 5.54 Å². The molecule has 0 aliphatic carbocycles. The molecule has 2 N–H and O–H groups in total. The summed E-state index contributed by atoms with van der Waals surface area (Å²) in [5, 5.41) is 25.2. The minimum Gasteiger partial charge on any atom is -0.387 e. The van der Waals surface area contributed by atoms with Crippen LogP contribution in [0.1, 0.15) is 36.1 Å². The summed E-state index contributed by atoms with van der Waals surface area (Å²) < 4.78 is 0. The number of hydrogen-bond donors (Lipinski definition) is 2. The maximum atomic E-state index is 10.2.